The van der Waals surface area contributed by atoms with E-state index in [1.807, 2.05) is 13.8 Å². The third-order valence-electron chi connectivity index (χ3n) is 2.09. The summed E-state index contributed by atoms with van der Waals surface area (Å²) in [7, 11) is 0. The second-order valence-electron chi connectivity index (χ2n) is 4.10. The van der Waals surface area contributed by atoms with Crippen LogP contribution in [0.1, 0.15) is 33.6 Å². The zero-order chi connectivity index (χ0) is 9.35. The van der Waals surface area contributed by atoms with Crippen LogP contribution in [0.4, 0.5) is 0 Å². The molecule has 12 heavy (non-hydrogen) atoms. The Morgan fingerprint density at radius 1 is 1.50 bits per heavy atom. The molecular formula is C9H14O3. The summed E-state index contributed by atoms with van der Waals surface area (Å²) >= 11 is 0. The van der Waals surface area contributed by atoms with Crippen LogP contribution >= 0.6 is 0 Å². The molecule has 0 N–H and O–H groups in total. The highest BCUT2D eigenvalue weighted by atomic mass is 16.6. The Kier molecular flexibility index (Phi) is 2.22. The molecular weight excluding hydrogens is 156 g/mol. The van der Waals surface area contributed by atoms with E-state index in [9.17, 15) is 9.59 Å². The summed E-state index contributed by atoms with van der Waals surface area (Å²) in [5, 5.41) is 0. The molecule has 0 aromatic carbocycles. The predicted octanol–water partition coefficient (Wildman–Crippen LogP) is 1.51. The highest BCUT2D eigenvalue weighted by molar-refractivity contribution is 5.97. The molecule has 1 atom stereocenters. The van der Waals surface area contributed by atoms with Gasteiger partial charge in [0.15, 0.2) is 0 Å². The molecule has 1 heterocycles. The van der Waals surface area contributed by atoms with Crippen LogP contribution in [0.2, 0.25) is 0 Å². The molecule has 3 heteroatoms. The first-order chi connectivity index (χ1) is 5.44. The third kappa shape index (κ3) is 1.65. The van der Waals surface area contributed by atoms with Crippen LogP contribution in [0.3, 0.4) is 0 Å². The van der Waals surface area contributed by atoms with Crippen molar-refractivity contribution in [3.63, 3.8) is 0 Å². The van der Waals surface area contributed by atoms with E-state index < -0.39 is 5.41 Å². The van der Waals surface area contributed by atoms with Gasteiger partial charge in [0.25, 0.3) is 0 Å². The van der Waals surface area contributed by atoms with Crippen LogP contribution in [0.15, 0.2) is 0 Å². The fraction of sp³-hybridized carbons (Fsp3) is 0.778. The maximum Gasteiger partial charge on any atom is 0.320 e. The molecule has 0 bridgehead atoms. The van der Waals surface area contributed by atoms with Gasteiger partial charge in [0.2, 0.25) is 0 Å². The van der Waals surface area contributed by atoms with Gasteiger partial charge in [-0.1, -0.05) is 13.8 Å². The standard InChI is InChI=1S/C9H14O3/c1-6(2)4-9(3)5-7(10)12-8(9)11/h6H,4-5H2,1-3H3/t9-/m1/s1. The summed E-state index contributed by atoms with van der Waals surface area (Å²) in [6.45, 7) is 5.85. The monoisotopic (exact) mass is 170 g/mol. The van der Waals surface area contributed by atoms with E-state index in [1.165, 1.54) is 0 Å². The van der Waals surface area contributed by atoms with Gasteiger partial charge in [-0.2, -0.15) is 0 Å². The van der Waals surface area contributed by atoms with Crippen LogP contribution in [-0.2, 0) is 14.3 Å². The number of carbonyl (C=O) groups excluding carboxylic acids is 2. The second kappa shape index (κ2) is 2.88. The van der Waals surface area contributed by atoms with E-state index in [0.717, 1.165) is 6.42 Å². The Balaban J connectivity index is 2.71. The summed E-state index contributed by atoms with van der Waals surface area (Å²) in [6.07, 6.45) is 0.960. The van der Waals surface area contributed by atoms with Crippen molar-refractivity contribution in [2.75, 3.05) is 0 Å². The molecule has 1 rings (SSSR count). The summed E-state index contributed by atoms with van der Waals surface area (Å²) in [5.41, 5.74) is -0.564. The molecule has 68 valence electrons. The van der Waals surface area contributed by atoms with E-state index in [1.54, 1.807) is 6.92 Å². The molecule has 0 spiro atoms. The van der Waals surface area contributed by atoms with Crippen molar-refractivity contribution in [3.05, 3.63) is 0 Å². The number of cyclic esters (lactones) is 2. The lowest BCUT2D eigenvalue weighted by molar-refractivity contribution is -0.155. The topological polar surface area (TPSA) is 43.4 Å². The number of ether oxygens (including phenoxy) is 1. The van der Waals surface area contributed by atoms with Gasteiger partial charge >= 0.3 is 11.9 Å². The molecule has 1 saturated heterocycles. The highest BCUT2D eigenvalue weighted by Gasteiger charge is 2.45. The molecule has 0 amide bonds. The normalized spacial score (nSPS) is 29.7. The van der Waals surface area contributed by atoms with Crippen molar-refractivity contribution in [2.45, 2.75) is 33.6 Å². The van der Waals surface area contributed by atoms with Crippen molar-refractivity contribution >= 4 is 11.9 Å². The van der Waals surface area contributed by atoms with Crippen LogP contribution in [-0.4, -0.2) is 11.9 Å². The van der Waals surface area contributed by atoms with Crippen molar-refractivity contribution in [1.29, 1.82) is 0 Å². The summed E-state index contributed by atoms with van der Waals surface area (Å²) in [5.74, 6) is -0.335. The second-order valence-corrected chi connectivity index (χ2v) is 4.10. The molecule has 3 nitrogen and oxygen atoms in total. The predicted molar refractivity (Wildman–Crippen MR) is 43.3 cm³/mol. The smallest absolute Gasteiger partial charge is 0.320 e. The van der Waals surface area contributed by atoms with Crippen LogP contribution in [0.25, 0.3) is 0 Å². The largest absolute Gasteiger partial charge is 0.393 e. The SMILES string of the molecule is CC(C)C[C@]1(C)CC(=O)OC1=O. The van der Waals surface area contributed by atoms with Crippen LogP contribution in [0, 0.1) is 11.3 Å². The zero-order valence-electron chi connectivity index (χ0n) is 7.72. The zero-order valence-corrected chi connectivity index (χ0v) is 7.72. The van der Waals surface area contributed by atoms with E-state index in [4.69, 9.17) is 0 Å². The average Bonchev–Trinajstić information content (AvgIpc) is 2.04. The van der Waals surface area contributed by atoms with Gasteiger partial charge in [-0.3, -0.25) is 9.59 Å². The van der Waals surface area contributed by atoms with Gasteiger partial charge in [-0.25, -0.2) is 0 Å². The molecule has 0 aromatic rings. The number of esters is 2. The molecule has 1 aliphatic rings. The third-order valence-corrected chi connectivity index (χ3v) is 2.09. The average molecular weight is 170 g/mol. The minimum absolute atomic E-state index is 0.240. The molecule has 0 aliphatic carbocycles. The Bertz CT molecular complexity index is 220. The van der Waals surface area contributed by atoms with Gasteiger partial charge in [-0.05, 0) is 19.3 Å². The molecule has 0 unspecified atom stereocenters. The lowest BCUT2D eigenvalue weighted by Gasteiger charge is -2.19. The Morgan fingerprint density at radius 2 is 2.08 bits per heavy atom. The summed E-state index contributed by atoms with van der Waals surface area (Å²) < 4.78 is 4.50. The van der Waals surface area contributed by atoms with E-state index in [2.05, 4.69) is 4.74 Å². The Hall–Kier alpha value is -0.860. The maximum atomic E-state index is 11.2. The number of carbonyl (C=O) groups is 2. The molecule has 0 radical (unpaired) electrons. The fourth-order valence-corrected chi connectivity index (χ4v) is 1.71. The molecule has 0 aromatic heterocycles. The van der Waals surface area contributed by atoms with E-state index >= 15 is 0 Å². The van der Waals surface area contributed by atoms with Crippen molar-refractivity contribution in [2.24, 2.45) is 11.3 Å². The molecule has 1 fully saturated rings. The van der Waals surface area contributed by atoms with Gasteiger partial charge in [-0.15, -0.1) is 0 Å². The lowest BCUT2D eigenvalue weighted by atomic mass is 9.81. The van der Waals surface area contributed by atoms with E-state index in [0.29, 0.717) is 5.92 Å². The quantitative estimate of drug-likeness (QED) is 0.466. The van der Waals surface area contributed by atoms with Gasteiger partial charge in [0, 0.05) is 0 Å². The van der Waals surface area contributed by atoms with Crippen molar-refractivity contribution in [1.82, 2.24) is 0 Å². The molecule has 1 aliphatic heterocycles. The fourth-order valence-electron chi connectivity index (χ4n) is 1.71. The first-order valence-corrected chi connectivity index (χ1v) is 4.19. The lowest BCUT2D eigenvalue weighted by Crippen LogP contribution is -2.24. The minimum atomic E-state index is -0.564. The molecule has 0 saturated carbocycles. The number of hydrogen-bond donors (Lipinski definition) is 0. The van der Waals surface area contributed by atoms with Gasteiger partial charge in [0.05, 0.1) is 11.8 Å². The highest BCUT2D eigenvalue weighted by Crippen LogP contribution is 2.36. The van der Waals surface area contributed by atoms with Gasteiger partial charge in [0.1, 0.15) is 0 Å². The van der Waals surface area contributed by atoms with E-state index in [-0.39, 0.29) is 18.4 Å². The van der Waals surface area contributed by atoms with Crippen molar-refractivity contribution in [3.8, 4) is 0 Å². The Labute approximate surface area is 72.1 Å². The van der Waals surface area contributed by atoms with Crippen molar-refractivity contribution < 1.29 is 14.3 Å². The van der Waals surface area contributed by atoms with Crippen LogP contribution < -0.4 is 0 Å². The number of rotatable bonds is 2. The minimum Gasteiger partial charge on any atom is -0.393 e. The van der Waals surface area contributed by atoms with Gasteiger partial charge < -0.3 is 4.74 Å². The first kappa shape index (κ1) is 9.23. The maximum absolute atomic E-state index is 11.2. The Morgan fingerprint density at radius 3 is 2.42 bits per heavy atom. The van der Waals surface area contributed by atoms with Crippen LogP contribution in [0.5, 0.6) is 0 Å². The first-order valence-electron chi connectivity index (χ1n) is 4.19. The number of hydrogen-bond acceptors (Lipinski definition) is 3. The summed E-state index contributed by atoms with van der Waals surface area (Å²) in [6, 6.07) is 0. The summed E-state index contributed by atoms with van der Waals surface area (Å²) in [4.78, 5) is 22.0.